The molecule has 1 atom stereocenters. The molecule has 0 spiro atoms. The number of hydrogen-bond acceptors (Lipinski definition) is 3. The van der Waals surface area contributed by atoms with Crippen LogP contribution in [0.25, 0.3) is 0 Å². The summed E-state index contributed by atoms with van der Waals surface area (Å²) in [7, 11) is -1.39. The Morgan fingerprint density at radius 2 is 1.76 bits per heavy atom. The topological polar surface area (TPSA) is 49.4 Å². The van der Waals surface area contributed by atoms with Crippen molar-refractivity contribution in [3.8, 4) is 0 Å². The summed E-state index contributed by atoms with van der Waals surface area (Å²) in [4.78, 5) is 0. The van der Waals surface area contributed by atoms with E-state index in [2.05, 4.69) is 19.2 Å². The maximum Gasteiger partial charge on any atom is 0.217 e. The Morgan fingerprint density at radius 1 is 1.24 bits per heavy atom. The van der Waals surface area contributed by atoms with Crippen LogP contribution in [0.4, 0.5) is 0 Å². The van der Waals surface area contributed by atoms with Crippen molar-refractivity contribution in [3.63, 3.8) is 0 Å². The van der Waals surface area contributed by atoms with E-state index in [1.165, 1.54) is 0 Å². The van der Waals surface area contributed by atoms with Gasteiger partial charge in [-0.25, -0.2) is 12.7 Å². The largest absolute Gasteiger partial charge is 0.317 e. The summed E-state index contributed by atoms with van der Waals surface area (Å²) < 4.78 is 26.4. The maximum atomic E-state index is 12.4. The van der Waals surface area contributed by atoms with Crippen LogP contribution >= 0.6 is 0 Å². The number of rotatable bonds is 5. The predicted molar refractivity (Wildman–Crippen MR) is 71.5 cm³/mol. The minimum Gasteiger partial charge on any atom is -0.317 e. The van der Waals surface area contributed by atoms with Crippen molar-refractivity contribution in [2.75, 3.05) is 20.1 Å². The summed E-state index contributed by atoms with van der Waals surface area (Å²) in [6.07, 6.45) is 2.39. The number of sulfonamides is 1. The van der Waals surface area contributed by atoms with Gasteiger partial charge in [-0.2, -0.15) is 0 Å². The Hall–Kier alpha value is -0.130. The predicted octanol–water partition coefficient (Wildman–Crippen LogP) is 1.43. The first-order valence-corrected chi connectivity index (χ1v) is 8.03. The van der Waals surface area contributed by atoms with Gasteiger partial charge in [-0.3, -0.25) is 0 Å². The van der Waals surface area contributed by atoms with E-state index in [-0.39, 0.29) is 11.3 Å². The third-order valence-corrected chi connectivity index (χ3v) is 6.02. The van der Waals surface area contributed by atoms with Crippen LogP contribution in [0.2, 0.25) is 0 Å². The molecule has 1 N–H and O–H groups in total. The fourth-order valence-corrected chi connectivity index (χ4v) is 4.30. The zero-order valence-corrected chi connectivity index (χ0v) is 12.3. The number of nitrogens with zero attached hydrogens (tertiary/aromatic N) is 1. The molecular weight excluding hydrogens is 236 g/mol. The average molecular weight is 262 g/mol. The molecule has 17 heavy (non-hydrogen) atoms. The molecule has 1 aliphatic heterocycles. The van der Waals surface area contributed by atoms with Gasteiger partial charge in [-0.05, 0) is 45.2 Å². The molecule has 0 radical (unpaired) electrons. The van der Waals surface area contributed by atoms with Gasteiger partial charge in [0, 0.05) is 13.1 Å². The van der Waals surface area contributed by atoms with Crippen molar-refractivity contribution in [3.05, 3.63) is 0 Å². The Morgan fingerprint density at radius 3 is 2.24 bits per heavy atom. The van der Waals surface area contributed by atoms with Crippen LogP contribution in [0.3, 0.4) is 0 Å². The molecule has 0 bridgehead atoms. The summed E-state index contributed by atoms with van der Waals surface area (Å²) >= 11 is 0. The summed E-state index contributed by atoms with van der Waals surface area (Å²) in [6, 6.07) is 0.0925. The number of piperidine rings is 1. The summed E-state index contributed by atoms with van der Waals surface area (Å²) in [5.74, 6) is 0.524. The number of hydrogen-bond donors (Lipinski definition) is 1. The molecule has 0 aromatic heterocycles. The van der Waals surface area contributed by atoms with Gasteiger partial charge in [0.15, 0.2) is 0 Å². The van der Waals surface area contributed by atoms with E-state index in [0.717, 1.165) is 32.4 Å². The highest BCUT2D eigenvalue weighted by atomic mass is 32.2. The summed E-state index contributed by atoms with van der Waals surface area (Å²) in [5, 5.41) is 3.01. The van der Waals surface area contributed by atoms with Gasteiger partial charge < -0.3 is 5.32 Å². The lowest BCUT2D eigenvalue weighted by Gasteiger charge is -2.31. The standard InChI is InChI=1S/C12H26N2O2S/c1-10(2)9-11(3)14(4)17(15,16)12-5-7-13-8-6-12/h10-13H,5-9H2,1-4H3. The van der Waals surface area contributed by atoms with E-state index in [9.17, 15) is 8.42 Å². The molecule has 5 heteroatoms. The zero-order valence-electron chi connectivity index (χ0n) is 11.4. The van der Waals surface area contributed by atoms with Gasteiger partial charge >= 0.3 is 0 Å². The van der Waals surface area contributed by atoms with Crippen molar-refractivity contribution >= 4 is 10.0 Å². The highest BCUT2D eigenvalue weighted by Crippen LogP contribution is 2.21. The molecule has 0 aromatic carbocycles. The van der Waals surface area contributed by atoms with E-state index in [0.29, 0.717) is 5.92 Å². The lowest BCUT2D eigenvalue weighted by atomic mass is 10.1. The SMILES string of the molecule is CC(C)CC(C)N(C)S(=O)(=O)C1CCNCC1. The quantitative estimate of drug-likeness (QED) is 0.815. The minimum atomic E-state index is -3.11. The highest BCUT2D eigenvalue weighted by molar-refractivity contribution is 7.89. The molecule has 1 unspecified atom stereocenters. The molecular formula is C12H26N2O2S. The fourth-order valence-electron chi connectivity index (χ4n) is 2.41. The van der Waals surface area contributed by atoms with Crippen molar-refractivity contribution in [2.45, 2.75) is 51.3 Å². The average Bonchev–Trinajstić information content (AvgIpc) is 2.28. The molecule has 102 valence electrons. The third kappa shape index (κ3) is 3.93. The van der Waals surface area contributed by atoms with Crippen LogP contribution in [0.1, 0.15) is 40.0 Å². The molecule has 0 aliphatic carbocycles. The second-order valence-corrected chi connectivity index (χ2v) is 7.76. The molecule has 1 saturated heterocycles. The summed E-state index contributed by atoms with van der Waals surface area (Å²) in [5.41, 5.74) is 0. The molecule has 0 aromatic rings. The Balaban J connectivity index is 2.68. The van der Waals surface area contributed by atoms with Crippen molar-refractivity contribution in [1.82, 2.24) is 9.62 Å². The van der Waals surface area contributed by atoms with E-state index >= 15 is 0 Å². The Labute approximate surface area is 106 Å². The van der Waals surface area contributed by atoms with Crippen LogP contribution in [0, 0.1) is 5.92 Å². The van der Waals surface area contributed by atoms with E-state index in [1.54, 1.807) is 11.4 Å². The van der Waals surface area contributed by atoms with Gasteiger partial charge in [0.25, 0.3) is 0 Å². The Kier molecular flexibility index (Phi) is 5.41. The zero-order chi connectivity index (χ0) is 13.1. The first kappa shape index (κ1) is 14.9. The smallest absolute Gasteiger partial charge is 0.217 e. The van der Waals surface area contributed by atoms with Crippen LogP contribution in [0.5, 0.6) is 0 Å². The molecule has 1 fully saturated rings. The second kappa shape index (κ2) is 6.16. The van der Waals surface area contributed by atoms with Crippen LogP contribution in [-0.2, 0) is 10.0 Å². The van der Waals surface area contributed by atoms with Crippen molar-refractivity contribution in [1.29, 1.82) is 0 Å². The lowest BCUT2D eigenvalue weighted by molar-refractivity contribution is 0.329. The fraction of sp³-hybridized carbons (Fsp3) is 1.00. The van der Waals surface area contributed by atoms with Gasteiger partial charge in [0.2, 0.25) is 10.0 Å². The van der Waals surface area contributed by atoms with Crippen LogP contribution in [-0.4, -0.2) is 44.2 Å². The molecule has 1 rings (SSSR count). The summed E-state index contributed by atoms with van der Waals surface area (Å²) in [6.45, 7) is 7.88. The van der Waals surface area contributed by atoms with E-state index < -0.39 is 10.0 Å². The monoisotopic (exact) mass is 262 g/mol. The molecule has 0 amide bonds. The molecule has 4 nitrogen and oxygen atoms in total. The van der Waals surface area contributed by atoms with Crippen molar-refractivity contribution < 1.29 is 8.42 Å². The van der Waals surface area contributed by atoms with Gasteiger partial charge in [0.1, 0.15) is 0 Å². The lowest BCUT2D eigenvalue weighted by Crippen LogP contribution is -2.45. The van der Waals surface area contributed by atoms with Gasteiger partial charge in [0.05, 0.1) is 5.25 Å². The number of nitrogens with one attached hydrogen (secondary N) is 1. The molecule has 1 aliphatic rings. The van der Waals surface area contributed by atoms with Crippen LogP contribution in [0.15, 0.2) is 0 Å². The van der Waals surface area contributed by atoms with Gasteiger partial charge in [-0.15, -0.1) is 0 Å². The maximum absolute atomic E-state index is 12.4. The van der Waals surface area contributed by atoms with Crippen molar-refractivity contribution in [2.24, 2.45) is 5.92 Å². The third-order valence-electron chi connectivity index (χ3n) is 3.54. The van der Waals surface area contributed by atoms with Crippen LogP contribution < -0.4 is 5.32 Å². The first-order valence-electron chi connectivity index (χ1n) is 6.53. The second-order valence-electron chi connectivity index (χ2n) is 5.49. The molecule has 0 saturated carbocycles. The van der Waals surface area contributed by atoms with E-state index in [4.69, 9.17) is 0 Å². The minimum absolute atomic E-state index is 0.0925. The highest BCUT2D eigenvalue weighted by Gasteiger charge is 2.33. The normalized spacial score (nSPS) is 21.1. The Bertz CT molecular complexity index is 321. The van der Waals surface area contributed by atoms with E-state index in [1.807, 2.05) is 6.92 Å². The molecule has 1 heterocycles. The first-order chi connectivity index (χ1) is 7.85. The van der Waals surface area contributed by atoms with Gasteiger partial charge in [-0.1, -0.05) is 13.8 Å².